The van der Waals surface area contributed by atoms with Gasteiger partial charge in [0.25, 0.3) is 0 Å². The van der Waals surface area contributed by atoms with Gasteiger partial charge in [-0.25, -0.2) is 0 Å². The standard InChI is InChI=1S/C17H31N3O/c1-14(2)11-17(5-3-4-6-17)16(21)20-12-15(13-20)19-9-7-18-8-10-19/h14-15,18H,3-13H2,1-2H3. The summed E-state index contributed by atoms with van der Waals surface area (Å²) in [5.74, 6) is 1.09. The van der Waals surface area contributed by atoms with Gasteiger partial charge in [0.1, 0.15) is 0 Å². The van der Waals surface area contributed by atoms with Crippen molar-refractivity contribution in [3.8, 4) is 0 Å². The summed E-state index contributed by atoms with van der Waals surface area (Å²) in [7, 11) is 0. The molecular weight excluding hydrogens is 262 g/mol. The first kappa shape index (κ1) is 15.3. The molecule has 2 saturated heterocycles. The van der Waals surface area contributed by atoms with E-state index in [0.717, 1.165) is 58.5 Å². The average Bonchev–Trinajstić information content (AvgIpc) is 2.87. The number of rotatable bonds is 4. The van der Waals surface area contributed by atoms with Gasteiger partial charge in [-0.1, -0.05) is 26.7 Å². The van der Waals surface area contributed by atoms with Gasteiger partial charge >= 0.3 is 0 Å². The molecule has 3 rings (SSSR count). The maximum absolute atomic E-state index is 13.0. The number of piperazine rings is 1. The Bertz CT molecular complexity index is 364. The lowest BCUT2D eigenvalue weighted by molar-refractivity contribution is -0.151. The van der Waals surface area contributed by atoms with Crippen molar-refractivity contribution in [1.82, 2.24) is 15.1 Å². The number of amides is 1. The van der Waals surface area contributed by atoms with E-state index in [-0.39, 0.29) is 5.41 Å². The minimum atomic E-state index is -0.0113. The van der Waals surface area contributed by atoms with E-state index in [1.807, 2.05) is 0 Å². The van der Waals surface area contributed by atoms with E-state index in [4.69, 9.17) is 0 Å². The van der Waals surface area contributed by atoms with Crippen molar-refractivity contribution in [2.24, 2.45) is 11.3 Å². The van der Waals surface area contributed by atoms with Crippen LogP contribution in [0.4, 0.5) is 0 Å². The summed E-state index contributed by atoms with van der Waals surface area (Å²) < 4.78 is 0. The predicted molar refractivity (Wildman–Crippen MR) is 85.2 cm³/mol. The summed E-state index contributed by atoms with van der Waals surface area (Å²) in [6.07, 6.45) is 5.82. The number of likely N-dealkylation sites (tertiary alicyclic amines) is 1. The number of hydrogen-bond donors (Lipinski definition) is 1. The summed E-state index contributed by atoms with van der Waals surface area (Å²) >= 11 is 0. The molecule has 120 valence electrons. The average molecular weight is 293 g/mol. The van der Waals surface area contributed by atoms with Crippen LogP contribution in [0.5, 0.6) is 0 Å². The SMILES string of the molecule is CC(C)CC1(C(=O)N2CC(N3CCNCC3)C2)CCCC1. The quantitative estimate of drug-likeness (QED) is 0.857. The zero-order valence-corrected chi connectivity index (χ0v) is 13.7. The second-order valence-corrected chi connectivity index (χ2v) is 7.74. The molecule has 0 aromatic rings. The molecule has 0 aromatic carbocycles. The fourth-order valence-electron chi connectivity index (χ4n) is 4.57. The zero-order valence-electron chi connectivity index (χ0n) is 13.7. The monoisotopic (exact) mass is 293 g/mol. The first-order chi connectivity index (χ1) is 10.1. The van der Waals surface area contributed by atoms with Gasteiger partial charge in [-0.15, -0.1) is 0 Å². The molecule has 4 nitrogen and oxygen atoms in total. The lowest BCUT2D eigenvalue weighted by Crippen LogP contribution is -2.65. The van der Waals surface area contributed by atoms with E-state index in [0.29, 0.717) is 17.9 Å². The van der Waals surface area contributed by atoms with Crippen LogP contribution in [0.3, 0.4) is 0 Å². The van der Waals surface area contributed by atoms with E-state index >= 15 is 0 Å². The molecule has 1 saturated carbocycles. The smallest absolute Gasteiger partial charge is 0.228 e. The van der Waals surface area contributed by atoms with Crippen LogP contribution in [0.2, 0.25) is 0 Å². The van der Waals surface area contributed by atoms with Crippen LogP contribution >= 0.6 is 0 Å². The van der Waals surface area contributed by atoms with E-state index in [2.05, 4.69) is 29.0 Å². The maximum atomic E-state index is 13.0. The van der Waals surface area contributed by atoms with Crippen LogP contribution in [0.25, 0.3) is 0 Å². The summed E-state index contributed by atoms with van der Waals surface area (Å²) in [6, 6.07) is 0.619. The Labute approximate surface area is 129 Å². The van der Waals surface area contributed by atoms with Gasteiger partial charge in [0.2, 0.25) is 5.91 Å². The van der Waals surface area contributed by atoms with Crippen LogP contribution in [-0.2, 0) is 4.79 Å². The van der Waals surface area contributed by atoms with Crippen LogP contribution in [0, 0.1) is 11.3 Å². The fourth-order valence-corrected chi connectivity index (χ4v) is 4.57. The van der Waals surface area contributed by atoms with Crippen LogP contribution < -0.4 is 5.32 Å². The van der Waals surface area contributed by atoms with Gasteiger partial charge in [-0.3, -0.25) is 9.69 Å². The van der Waals surface area contributed by atoms with E-state index in [1.54, 1.807) is 0 Å². The first-order valence-corrected chi connectivity index (χ1v) is 8.85. The molecule has 21 heavy (non-hydrogen) atoms. The van der Waals surface area contributed by atoms with Crippen LogP contribution in [-0.4, -0.2) is 61.0 Å². The lowest BCUT2D eigenvalue weighted by atomic mass is 9.76. The second-order valence-electron chi connectivity index (χ2n) is 7.74. The number of nitrogens with one attached hydrogen (secondary N) is 1. The molecular formula is C17H31N3O. The highest BCUT2D eigenvalue weighted by Crippen LogP contribution is 2.45. The highest BCUT2D eigenvalue weighted by molar-refractivity contribution is 5.84. The van der Waals surface area contributed by atoms with Crippen LogP contribution in [0.15, 0.2) is 0 Å². The van der Waals surface area contributed by atoms with E-state index in [9.17, 15) is 4.79 Å². The molecule has 4 heteroatoms. The largest absolute Gasteiger partial charge is 0.339 e. The van der Waals surface area contributed by atoms with Gasteiger partial charge < -0.3 is 10.2 Å². The summed E-state index contributed by atoms with van der Waals surface area (Å²) in [5, 5.41) is 3.40. The van der Waals surface area contributed by atoms with Gasteiger partial charge in [0.15, 0.2) is 0 Å². The molecule has 1 N–H and O–H groups in total. The van der Waals surface area contributed by atoms with Crippen molar-refractivity contribution in [2.45, 2.75) is 52.0 Å². The Morgan fingerprint density at radius 2 is 1.81 bits per heavy atom. The molecule has 3 fully saturated rings. The van der Waals surface area contributed by atoms with Crippen molar-refractivity contribution >= 4 is 5.91 Å². The fraction of sp³-hybridized carbons (Fsp3) is 0.941. The number of carbonyl (C=O) groups is 1. The Hall–Kier alpha value is -0.610. The molecule has 2 heterocycles. The Kier molecular flexibility index (Phi) is 4.55. The third kappa shape index (κ3) is 3.11. The Morgan fingerprint density at radius 3 is 2.38 bits per heavy atom. The molecule has 3 aliphatic rings. The van der Waals surface area contributed by atoms with Crippen molar-refractivity contribution in [2.75, 3.05) is 39.3 Å². The van der Waals surface area contributed by atoms with Crippen LogP contribution in [0.1, 0.15) is 46.0 Å². The van der Waals surface area contributed by atoms with Gasteiger partial charge in [0, 0.05) is 50.7 Å². The van der Waals surface area contributed by atoms with Crippen molar-refractivity contribution in [1.29, 1.82) is 0 Å². The molecule has 0 atom stereocenters. The number of carbonyl (C=O) groups excluding carboxylic acids is 1. The predicted octanol–water partition coefficient (Wildman–Crippen LogP) is 1.71. The summed E-state index contributed by atoms with van der Waals surface area (Å²) in [4.78, 5) is 17.7. The minimum absolute atomic E-state index is 0.0113. The van der Waals surface area contributed by atoms with Gasteiger partial charge in [-0.2, -0.15) is 0 Å². The Balaban J connectivity index is 1.56. The van der Waals surface area contributed by atoms with Crippen molar-refractivity contribution in [3.05, 3.63) is 0 Å². The van der Waals surface area contributed by atoms with Crippen molar-refractivity contribution < 1.29 is 4.79 Å². The molecule has 1 amide bonds. The third-order valence-corrected chi connectivity index (χ3v) is 5.63. The number of nitrogens with zero attached hydrogens (tertiary/aromatic N) is 2. The summed E-state index contributed by atoms with van der Waals surface area (Å²) in [6.45, 7) is 10.9. The minimum Gasteiger partial charge on any atom is -0.339 e. The number of hydrogen-bond acceptors (Lipinski definition) is 3. The molecule has 0 unspecified atom stereocenters. The molecule has 0 spiro atoms. The Morgan fingerprint density at radius 1 is 1.19 bits per heavy atom. The molecule has 0 aromatic heterocycles. The molecule has 0 radical (unpaired) electrons. The van der Waals surface area contributed by atoms with E-state index in [1.165, 1.54) is 12.8 Å². The molecule has 1 aliphatic carbocycles. The molecule has 0 bridgehead atoms. The van der Waals surface area contributed by atoms with Gasteiger partial charge in [0.05, 0.1) is 0 Å². The summed E-state index contributed by atoms with van der Waals surface area (Å²) in [5.41, 5.74) is -0.0113. The normalized spacial score (nSPS) is 27.1. The zero-order chi connectivity index (χ0) is 14.9. The first-order valence-electron chi connectivity index (χ1n) is 8.85. The third-order valence-electron chi connectivity index (χ3n) is 5.63. The van der Waals surface area contributed by atoms with Gasteiger partial charge in [-0.05, 0) is 25.2 Å². The highest BCUT2D eigenvalue weighted by atomic mass is 16.2. The lowest BCUT2D eigenvalue weighted by Gasteiger charge is -2.49. The van der Waals surface area contributed by atoms with Crippen molar-refractivity contribution in [3.63, 3.8) is 0 Å². The van der Waals surface area contributed by atoms with E-state index < -0.39 is 0 Å². The second kappa shape index (κ2) is 6.25. The molecule has 2 aliphatic heterocycles. The topological polar surface area (TPSA) is 35.6 Å². The maximum Gasteiger partial charge on any atom is 0.228 e. The highest BCUT2D eigenvalue weighted by Gasteiger charge is 2.47.